The number of aromatic nitrogens is 3. The second kappa shape index (κ2) is 5.28. The van der Waals surface area contributed by atoms with Crippen molar-refractivity contribution in [1.29, 1.82) is 0 Å². The van der Waals surface area contributed by atoms with Crippen molar-refractivity contribution in [2.45, 2.75) is 6.92 Å². The summed E-state index contributed by atoms with van der Waals surface area (Å²) in [5.74, 6) is -0.951. The van der Waals surface area contributed by atoms with Crippen LogP contribution in [0.3, 0.4) is 0 Å². The summed E-state index contributed by atoms with van der Waals surface area (Å²) in [5.41, 5.74) is 7.40. The van der Waals surface area contributed by atoms with Gasteiger partial charge in [0, 0.05) is 25.0 Å². The topological polar surface area (TPSA) is 105 Å². The van der Waals surface area contributed by atoms with E-state index >= 15 is 0 Å². The van der Waals surface area contributed by atoms with Crippen LogP contribution < -0.4 is 10.6 Å². The van der Waals surface area contributed by atoms with E-state index in [0.717, 1.165) is 4.90 Å². The van der Waals surface area contributed by atoms with Crippen molar-refractivity contribution in [1.82, 2.24) is 15.2 Å². The van der Waals surface area contributed by atoms with Crippen LogP contribution in [0, 0.1) is 0 Å². The third-order valence-corrected chi connectivity index (χ3v) is 3.21. The third-order valence-electron chi connectivity index (χ3n) is 3.21. The lowest BCUT2D eigenvalue weighted by atomic mass is 10.2. The molecule has 2 amide bonds. The van der Waals surface area contributed by atoms with E-state index < -0.39 is 11.8 Å². The van der Waals surface area contributed by atoms with Crippen LogP contribution in [0.4, 0.5) is 11.4 Å². The molecule has 1 aromatic carbocycles. The maximum atomic E-state index is 12.7. The van der Waals surface area contributed by atoms with Crippen molar-refractivity contribution >= 4 is 34.1 Å². The van der Waals surface area contributed by atoms with Gasteiger partial charge in [0.05, 0.1) is 16.6 Å². The summed E-state index contributed by atoms with van der Waals surface area (Å²) < 4.78 is 0. The number of imide groups is 1. The van der Waals surface area contributed by atoms with Gasteiger partial charge in [0.2, 0.25) is 5.91 Å². The van der Waals surface area contributed by atoms with Crippen molar-refractivity contribution < 1.29 is 9.59 Å². The predicted molar refractivity (Wildman–Crippen MR) is 82.2 cm³/mol. The number of anilines is 2. The van der Waals surface area contributed by atoms with Crippen LogP contribution in [-0.2, 0) is 4.79 Å². The molecule has 3 N–H and O–H groups in total. The van der Waals surface area contributed by atoms with Crippen LogP contribution in [0.15, 0.2) is 42.7 Å². The highest BCUT2D eigenvalue weighted by Gasteiger charge is 2.25. The van der Waals surface area contributed by atoms with Crippen molar-refractivity contribution in [3.05, 3.63) is 48.4 Å². The van der Waals surface area contributed by atoms with Gasteiger partial charge in [0.15, 0.2) is 5.69 Å². The van der Waals surface area contributed by atoms with Gasteiger partial charge in [-0.15, -0.1) is 0 Å². The van der Waals surface area contributed by atoms with Gasteiger partial charge in [0.1, 0.15) is 0 Å². The Labute approximate surface area is 125 Å². The van der Waals surface area contributed by atoms with E-state index in [4.69, 9.17) is 5.73 Å². The molecule has 2 aromatic heterocycles. The number of nitrogens with two attached hydrogens (primary N) is 1. The van der Waals surface area contributed by atoms with Crippen molar-refractivity contribution in [2.24, 2.45) is 0 Å². The second-order valence-corrected chi connectivity index (χ2v) is 4.75. The number of nitrogens with zero attached hydrogens (tertiary/aromatic N) is 3. The molecule has 3 aromatic rings. The Bertz CT molecular complexity index is 871. The number of nitrogen functional groups attached to an aromatic ring is 1. The Morgan fingerprint density at radius 3 is 2.82 bits per heavy atom. The Hall–Kier alpha value is -3.22. The van der Waals surface area contributed by atoms with E-state index in [-0.39, 0.29) is 5.69 Å². The van der Waals surface area contributed by atoms with E-state index in [1.54, 1.807) is 36.5 Å². The molecule has 0 aliphatic carbocycles. The minimum absolute atomic E-state index is 0.140. The van der Waals surface area contributed by atoms with Crippen molar-refractivity contribution in [2.75, 3.05) is 10.6 Å². The molecule has 110 valence electrons. The van der Waals surface area contributed by atoms with E-state index in [0.29, 0.717) is 22.3 Å². The van der Waals surface area contributed by atoms with Crippen molar-refractivity contribution in [3.8, 4) is 0 Å². The van der Waals surface area contributed by atoms with E-state index in [9.17, 15) is 9.59 Å². The Balaban J connectivity index is 2.09. The van der Waals surface area contributed by atoms with Gasteiger partial charge in [-0.1, -0.05) is 6.07 Å². The first-order valence-corrected chi connectivity index (χ1v) is 6.56. The molecule has 7 heteroatoms. The number of benzene rings is 1. The summed E-state index contributed by atoms with van der Waals surface area (Å²) in [6.45, 7) is 1.31. The summed E-state index contributed by atoms with van der Waals surface area (Å²) in [4.78, 5) is 29.7. The van der Waals surface area contributed by atoms with Gasteiger partial charge in [-0.05, 0) is 24.3 Å². The Morgan fingerprint density at radius 2 is 2.09 bits per heavy atom. The van der Waals surface area contributed by atoms with Gasteiger partial charge in [-0.25, -0.2) is 4.90 Å². The SMILES string of the molecule is CC(=O)N(C(=O)c1n[nH]c2ccncc12)c1cccc(N)c1. The molecule has 7 nitrogen and oxygen atoms in total. The summed E-state index contributed by atoms with van der Waals surface area (Å²) >= 11 is 0. The molecule has 0 aliphatic rings. The molecule has 22 heavy (non-hydrogen) atoms. The number of fused-ring (bicyclic) bond motifs is 1. The fraction of sp³-hybridized carbons (Fsp3) is 0.0667. The fourth-order valence-electron chi connectivity index (χ4n) is 2.23. The lowest BCUT2D eigenvalue weighted by Crippen LogP contribution is -2.35. The highest BCUT2D eigenvalue weighted by atomic mass is 16.2. The van der Waals surface area contributed by atoms with Gasteiger partial charge >= 0.3 is 0 Å². The molecule has 0 radical (unpaired) electrons. The number of carbonyl (C=O) groups is 2. The largest absolute Gasteiger partial charge is 0.399 e. The lowest BCUT2D eigenvalue weighted by molar-refractivity contribution is -0.115. The highest BCUT2D eigenvalue weighted by Crippen LogP contribution is 2.22. The second-order valence-electron chi connectivity index (χ2n) is 4.75. The summed E-state index contributed by atoms with van der Waals surface area (Å²) in [6, 6.07) is 8.27. The zero-order valence-electron chi connectivity index (χ0n) is 11.8. The molecular formula is C15H13N5O2. The highest BCUT2D eigenvalue weighted by molar-refractivity contribution is 6.23. The van der Waals surface area contributed by atoms with Crippen LogP contribution >= 0.6 is 0 Å². The average molecular weight is 295 g/mol. The first-order valence-electron chi connectivity index (χ1n) is 6.56. The molecule has 0 spiro atoms. The zero-order chi connectivity index (χ0) is 15.7. The van der Waals surface area contributed by atoms with Gasteiger partial charge < -0.3 is 5.73 Å². The average Bonchev–Trinajstić information content (AvgIpc) is 2.91. The quantitative estimate of drug-likeness (QED) is 0.700. The lowest BCUT2D eigenvalue weighted by Gasteiger charge is -2.18. The van der Waals surface area contributed by atoms with Gasteiger partial charge in [0.25, 0.3) is 5.91 Å². The smallest absolute Gasteiger partial charge is 0.286 e. The van der Waals surface area contributed by atoms with Crippen LogP contribution in [-0.4, -0.2) is 27.0 Å². The van der Waals surface area contributed by atoms with Gasteiger partial charge in [-0.2, -0.15) is 5.10 Å². The minimum atomic E-state index is -0.530. The number of hydrogen-bond acceptors (Lipinski definition) is 5. The summed E-state index contributed by atoms with van der Waals surface area (Å²) in [6.07, 6.45) is 3.12. The van der Waals surface area contributed by atoms with Crippen molar-refractivity contribution in [3.63, 3.8) is 0 Å². The summed E-state index contributed by atoms with van der Waals surface area (Å²) in [7, 11) is 0. The van der Waals surface area contributed by atoms with E-state index in [1.165, 1.54) is 13.1 Å². The van der Waals surface area contributed by atoms with Crippen LogP contribution in [0.1, 0.15) is 17.4 Å². The number of rotatable bonds is 2. The number of amides is 2. The molecule has 0 aliphatic heterocycles. The third kappa shape index (κ3) is 2.28. The molecule has 0 atom stereocenters. The van der Waals surface area contributed by atoms with Crippen LogP contribution in [0.25, 0.3) is 10.9 Å². The normalized spacial score (nSPS) is 10.6. The minimum Gasteiger partial charge on any atom is -0.399 e. The maximum absolute atomic E-state index is 12.7. The number of nitrogens with one attached hydrogen (secondary N) is 1. The molecule has 0 bridgehead atoms. The van der Waals surface area contributed by atoms with Crippen LogP contribution in [0.2, 0.25) is 0 Å². The molecule has 0 saturated carbocycles. The van der Waals surface area contributed by atoms with Gasteiger partial charge in [-0.3, -0.25) is 19.7 Å². The first-order chi connectivity index (χ1) is 10.6. The Morgan fingerprint density at radius 1 is 1.27 bits per heavy atom. The zero-order valence-corrected chi connectivity index (χ0v) is 11.8. The molecule has 0 fully saturated rings. The first kappa shape index (κ1) is 13.7. The standard InChI is InChI=1S/C15H13N5O2/c1-9(21)20(11-4-2-3-10(16)7-11)15(22)14-12-8-17-6-5-13(12)18-19-14/h2-8H,16H2,1H3,(H,18,19). The van der Waals surface area contributed by atoms with Crippen LogP contribution in [0.5, 0.6) is 0 Å². The number of H-pyrrole nitrogens is 1. The summed E-state index contributed by atoms with van der Waals surface area (Å²) in [5, 5.41) is 7.32. The predicted octanol–water partition coefficient (Wildman–Crippen LogP) is 1.73. The maximum Gasteiger partial charge on any atom is 0.286 e. The number of pyridine rings is 1. The number of hydrogen-bond donors (Lipinski definition) is 2. The van der Waals surface area contributed by atoms with E-state index in [1.807, 2.05) is 0 Å². The van der Waals surface area contributed by atoms with E-state index in [2.05, 4.69) is 15.2 Å². The number of carbonyl (C=O) groups excluding carboxylic acids is 2. The molecular weight excluding hydrogens is 282 g/mol. The molecule has 0 unspecified atom stereocenters. The fourth-order valence-corrected chi connectivity index (χ4v) is 2.23. The number of aromatic amines is 1. The molecule has 3 rings (SSSR count). The Kier molecular flexibility index (Phi) is 3.30. The molecule has 2 heterocycles. The monoisotopic (exact) mass is 295 g/mol. The molecule has 0 saturated heterocycles.